The Bertz CT molecular complexity index is 344. The zero-order valence-electron chi connectivity index (χ0n) is 10.3. The Labute approximate surface area is 113 Å². The minimum Gasteiger partial charge on any atom is -0.488 e. The average molecular weight is 276 g/mol. The van der Waals surface area contributed by atoms with Crippen LogP contribution in [0.4, 0.5) is 0 Å². The molecule has 1 aromatic carbocycles. The third-order valence-electron chi connectivity index (χ3n) is 2.44. The summed E-state index contributed by atoms with van der Waals surface area (Å²) >= 11 is 11.9. The lowest BCUT2D eigenvalue weighted by molar-refractivity contribution is 0.194. The molecule has 1 aromatic rings. The third kappa shape index (κ3) is 5.15. The predicted molar refractivity (Wildman–Crippen MR) is 74.3 cm³/mol. The van der Waals surface area contributed by atoms with Gasteiger partial charge in [0.2, 0.25) is 0 Å². The number of ether oxygens (including phenoxy) is 1. The van der Waals surface area contributed by atoms with Crippen molar-refractivity contribution in [3.8, 4) is 5.75 Å². The highest BCUT2D eigenvalue weighted by Crippen LogP contribution is 2.28. The van der Waals surface area contributed by atoms with E-state index >= 15 is 0 Å². The van der Waals surface area contributed by atoms with Crippen molar-refractivity contribution in [2.75, 3.05) is 13.1 Å². The Balaban J connectivity index is 2.54. The van der Waals surface area contributed by atoms with Crippen molar-refractivity contribution in [3.05, 3.63) is 28.2 Å². The highest BCUT2D eigenvalue weighted by Gasteiger charge is 2.10. The SMILES string of the molecule is CCCNCC(CC)Oc1ccc(Cl)cc1Cl. The Kier molecular flexibility index (Phi) is 6.71. The fourth-order valence-electron chi connectivity index (χ4n) is 1.46. The smallest absolute Gasteiger partial charge is 0.138 e. The van der Waals surface area contributed by atoms with Crippen LogP contribution in [0.3, 0.4) is 0 Å². The maximum atomic E-state index is 6.06. The van der Waals surface area contributed by atoms with E-state index in [0.29, 0.717) is 15.8 Å². The van der Waals surface area contributed by atoms with Crippen LogP contribution in [0.15, 0.2) is 18.2 Å². The second kappa shape index (κ2) is 7.80. The van der Waals surface area contributed by atoms with Gasteiger partial charge in [-0.2, -0.15) is 0 Å². The fraction of sp³-hybridized carbons (Fsp3) is 0.538. The first-order valence-electron chi connectivity index (χ1n) is 5.99. The molecule has 0 fully saturated rings. The molecule has 0 heterocycles. The minimum atomic E-state index is 0.139. The second-order valence-electron chi connectivity index (χ2n) is 3.93. The summed E-state index contributed by atoms with van der Waals surface area (Å²) in [7, 11) is 0. The second-order valence-corrected chi connectivity index (χ2v) is 4.77. The van der Waals surface area contributed by atoms with Crippen LogP contribution in [0.1, 0.15) is 26.7 Å². The van der Waals surface area contributed by atoms with Crippen LogP contribution in [0.25, 0.3) is 0 Å². The van der Waals surface area contributed by atoms with E-state index in [9.17, 15) is 0 Å². The van der Waals surface area contributed by atoms with E-state index in [1.54, 1.807) is 12.1 Å². The number of nitrogens with one attached hydrogen (secondary N) is 1. The first-order valence-corrected chi connectivity index (χ1v) is 6.75. The Morgan fingerprint density at radius 2 is 2.06 bits per heavy atom. The molecule has 0 aliphatic rings. The van der Waals surface area contributed by atoms with Crippen molar-refractivity contribution in [2.24, 2.45) is 0 Å². The van der Waals surface area contributed by atoms with E-state index in [1.165, 1.54) is 0 Å². The molecule has 0 spiro atoms. The van der Waals surface area contributed by atoms with Crippen molar-refractivity contribution in [2.45, 2.75) is 32.8 Å². The van der Waals surface area contributed by atoms with E-state index in [2.05, 4.69) is 19.2 Å². The lowest BCUT2D eigenvalue weighted by atomic mass is 10.2. The normalized spacial score (nSPS) is 12.5. The number of hydrogen-bond acceptors (Lipinski definition) is 2. The lowest BCUT2D eigenvalue weighted by Crippen LogP contribution is -2.31. The van der Waals surface area contributed by atoms with Crippen LogP contribution in [-0.2, 0) is 0 Å². The molecule has 1 atom stereocenters. The van der Waals surface area contributed by atoms with Gasteiger partial charge in [0.25, 0.3) is 0 Å². The predicted octanol–water partition coefficient (Wildman–Crippen LogP) is 4.15. The van der Waals surface area contributed by atoms with E-state index in [0.717, 1.165) is 25.9 Å². The summed E-state index contributed by atoms with van der Waals surface area (Å²) in [6.07, 6.45) is 2.20. The van der Waals surface area contributed by atoms with Crippen LogP contribution >= 0.6 is 23.2 Å². The Morgan fingerprint density at radius 1 is 1.29 bits per heavy atom. The van der Waals surface area contributed by atoms with Gasteiger partial charge in [-0.05, 0) is 37.6 Å². The minimum absolute atomic E-state index is 0.139. The van der Waals surface area contributed by atoms with Crippen LogP contribution in [0.5, 0.6) is 5.75 Å². The van der Waals surface area contributed by atoms with Crippen molar-refractivity contribution in [1.82, 2.24) is 5.32 Å². The zero-order chi connectivity index (χ0) is 12.7. The molecule has 4 heteroatoms. The zero-order valence-corrected chi connectivity index (χ0v) is 11.8. The summed E-state index contributed by atoms with van der Waals surface area (Å²) in [5.74, 6) is 0.696. The molecule has 0 saturated carbocycles. The molecule has 0 amide bonds. The summed E-state index contributed by atoms with van der Waals surface area (Å²) in [5, 5.41) is 4.53. The Hall–Kier alpha value is -0.440. The summed E-state index contributed by atoms with van der Waals surface area (Å²) in [6, 6.07) is 5.30. The van der Waals surface area contributed by atoms with Gasteiger partial charge in [-0.25, -0.2) is 0 Å². The van der Waals surface area contributed by atoms with Crippen molar-refractivity contribution >= 4 is 23.2 Å². The number of halogens is 2. The quantitative estimate of drug-likeness (QED) is 0.755. The number of benzene rings is 1. The number of hydrogen-bond donors (Lipinski definition) is 1. The molecule has 0 radical (unpaired) electrons. The van der Waals surface area contributed by atoms with E-state index in [1.807, 2.05) is 6.07 Å². The lowest BCUT2D eigenvalue weighted by Gasteiger charge is -2.19. The van der Waals surface area contributed by atoms with E-state index in [4.69, 9.17) is 27.9 Å². The van der Waals surface area contributed by atoms with E-state index < -0.39 is 0 Å². The molecule has 0 aromatic heterocycles. The van der Waals surface area contributed by atoms with Crippen LogP contribution in [0, 0.1) is 0 Å². The molecule has 2 nitrogen and oxygen atoms in total. The molecule has 1 rings (SSSR count). The molecule has 96 valence electrons. The van der Waals surface area contributed by atoms with Gasteiger partial charge >= 0.3 is 0 Å². The van der Waals surface area contributed by atoms with Gasteiger partial charge in [-0.1, -0.05) is 37.0 Å². The molecule has 1 unspecified atom stereocenters. The number of rotatable bonds is 7. The molecular formula is C13H19Cl2NO. The standard InChI is InChI=1S/C13H19Cl2NO/c1-3-7-16-9-11(4-2)17-13-6-5-10(14)8-12(13)15/h5-6,8,11,16H,3-4,7,9H2,1-2H3. The maximum absolute atomic E-state index is 6.06. The molecule has 0 aliphatic carbocycles. The summed E-state index contributed by atoms with van der Waals surface area (Å²) in [4.78, 5) is 0. The van der Waals surface area contributed by atoms with Gasteiger partial charge in [0, 0.05) is 11.6 Å². The average Bonchev–Trinajstić information content (AvgIpc) is 2.31. The third-order valence-corrected chi connectivity index (χ3v) is 2.97. The molecule has 0 bridgehead atoms. The van der Waals surface area contributed by atoms with Gasteiger partial charge in [0.15, 0.2) is 0 Å². The monoisotopic (exact) mass is 275 g/mol. The first kappa shape index (κ1) is 14.6. The van der Waals surface area contributed by atoms with Gasteiger partial charge in [0.05, 0.1) is 5.02 Å². The van der Waals surface area contributed by atoms with Gasteiger partial charge in [0.1, 0.15) is 11.9 Å². The van der Waals surface area contributed by atoms with Crippen LogP contribution < -0.4 is 10.1 Å². The topological polar surface area (TPSA) is 21.3 Å². The molecule has 0 saturated heterocycles. The van der Waals surface area contributed by atoms with Crippen molar-refractivity contribution in [3.63, 3.8) is 0 Å². The van der Waals surface area contributed by atoms with Crippen molar-refractivity contribution in [1.29, 1.82) is 0 Å². The van der Waals surface area contributed by atoms with E-state index in [-0.39, 0.29) is 6.10 Å². The fourth-order valence-corrected chi connectivity index (χ4v) is 1.91. The Morgan fingerprint density at radius 3 is 2.65 bits per heavy atom. The molecule has 17 heavy (non-hydrogen) atoms. The largest absolute Gasteiger partial charge is 0.488 e. The highest BCUT2D eigenvalue weighted by atomic mass is 35.5. The van der Waals surface area contributed by atoms with Gasteiger partial charge in [-0.3, -0.25) is 0 Å². The summed E-state index contributed by atoms with van der Waals surface area (Å²) in [5.41, 5.74) is 0. The first-order chi connectivity index (χ1) is 8.17. The van der Waals surface area contributed by atoms with Crippen molar-refractivity contribution < 1.29 is 4.74 Å². The van der Waals surface area contributed by atoms with Crippen LogP contribution in [-0.4, -0.2) is 19.2 Å². The van der Waals surface area contributed by atoms with Gasteiger partial charge < -0.3 is 10.1 Å². The highest BCUT2D eigenvalue weighted by molar-refractivity contribution is 6.35. The maximum Gasteiger partial charge on any atom is 0.138 e. The summed E-state index contributed by atoms with van der Waals surface area (Å²) in [6.45, 7) is 6.09. The molecular weight excluding hydrogens is 257 g/mol. The molecule has 1 N–H and O–H groups in total. The summed E-state index contributed by atoms with van der Waals surface area (Å²) < 4.78 is 5.84. The molecule has 0 aliphatic heterocycles. The van der Waals surface area contributed by atoms with Gasteiger partial charge in [-0.15, -0.1) is 0 Å². The van der Waals surface area contributed by atoms with Crippen LogP contribution in [0.2, 0.25) is 10.0 Å².